The molecule has 0 heterocycles. The van der Waals surface area contributed by atoms with E-state index < -0.39 is 12.1 Å². The average Bonchev–Trinajstić information content (AvgIpc) is 2.66. The summed E-state index contributed by atoms with van der Waals surface area (Å²) in [7, 11) is 1.45. The van der Waals surface area contributed by atoms with Crippen LogP contribution >= 0.6 is 0 Å². The number of hydrogen-bond acceptors (Lipinski definition) is 4. The van der Waals surface area contributed by atoms with E-state index >= 15 is 0 Å². The molecule has 0 spiro atoms. The molecule has 0 bridgehead atoms. The Balaban J connectivity index is 2.15. The molecule has 2 aromatic carbocycles. The first kappa shape index (κ1) is 21.4. The lowest BCUT2D eigenvalue weighted by atomic mass is 10.0. The maximum absolute atomic E-state index is 13.0. The van der Waals surface area contributed by atoms with Gasteiger partial charge in [-0.1, -0.05) is 18.2 Å². The van der Waals surface area contributed by atoms with E-state index in [0.29, 0.717) is 11.3 Å². The highest BCUT2D eigenvalue weighted by Crippen LogP contribution is 2.22. The first-order chi connectivity index (χ1) is 13.3. The maximum Gasteiger partial charge on any atom is 0.333 e. The second-order valence-electron chi connectivity index (χ2n) is 6.56. The molecule has 150 valence electrons. The number of carboxylic acids is 1. The quantitative estimate of drug-likeness (QED) is 0.688. The van der Waals surface area contributed by atoms with Crippen LogP contribution in [0.4, 0.5) is 4.39 Å². The van der Waals surface area contributed by atoms with Gasteiger partial charge in [-0.05, 0) is 49.2 Å². The molecule has 0 saturated heterocycles. The Morgan fingerprint density at radius 1 is 1.11 bits per heavy atom. The van der Waals surface area contributed by atoms with E-state index in [0.717, 1.165) is 5.56 Å². The van der Waals surface area contributed by atoms with Crippen LogP contribution in [0.5, 0.6) is 5.75 Å². The number of aliphatic carboxylic acids is 1. The van der Waals surface area contributed by atoms with Gasteiger partial charge in [-0.3, -0.25) is 4.79 Å². The van der Waals surface area contributed by atoms with Gasteiger partial charge in [-0.15, -0.1) is 0 Å². The van der Waals surface area contributed by atoms with Crippen LogP contribution in [-0.4, -0.2) is 36.3 Å². The highest BCUT2D eigenvalue weighted by atomic mass is 19.1. The van der Waals surface area contributed by atoms with Crippen molar-refractivity contribution in [3.05, 3.63) is 65.0 Å². The Hall–Kier alpha value is -2.93. The number of benzene rings is 2. The highest BCUT2D eigenvalue weighted by molar-refractivity contribution is 5.97. The Labute approximate surface area is 163 Å². The molecule has 0 aliphatic heterocycles. The van der Waals surface area contributed by atoms with Crippen molar-refractivity contribution < 1.29 is 28.6 Å². The summed E-state index contributed by atoms with van der Waals surface area (Å²) < 4.78 is 23.7. The van der Waals surface area contributed by atoms with Gasteiger partial charge >= 0.3 is 5.97 Å². The number of halogens is 1. The van der Waals surface area contributed by atoms with Crippen molar-refractivity contribution in [1.29, 1.82) is 0 Å². The Kier molecular flexibility index (Phi) is 7.52. The van der Waals surface area contributed by atoms with Crippen molar-refractivity contribution in [2.45, 2.75) is 39.0 Å². The number of hydrogen-bond donors (Lipinski definition) is 2. The lowest BCUT2D eigenvalue weighted by molar-refractivity contribution is -0.153. The number of carboxylic acid groups (broad SMARTS) is 1. The SMILES string of the molecule is COc1ccc(CC(OC(C)C)C(=O)O)cc1C(=O)NCc1ccc(F)cc1. The number of ether oxygens (including phenoxy) is 2. The van der Waals surface area contributed by atoms with Gasteiger partial charge in [0.15, 0.2) is 6.10 Å². The zero-order valence-corrected chi connectivity index (χ0v) is 16.1. The minimum absolute atomic E-state index is 0.121. The van der Waals surface area contributed by atoms with Gasteiger partial charge in [0, 0.05) is 13.0 Å². The molecule has 7 heteroatoms. The standard InChI is InChI=1S/C21H24FNO5/c1-13(2)28-19(21(25)26)11-15-6-9-18(27-3)17(10-15)20(24)23-12-14-4-7-16(22)8-5-14/h4-10,13,19H,11-12H2,1-3H3,(H,23,24)(H,25,26). The van der Waals surface area contributed by atoms with Gasteiger partial charge in [-0.25, -0.2) is 9.18 Å². The Morgan fingerprint density at radius 3 is 2.32 bits per heavy atom. The molecular formula is C21H24FNO5. The van der Waals surface area contributed by atoms with Crippen molar-refractivity contribution in [2.75, 3.05) is 7.11 Å². The second kappa shape index (κ2) is 9.85. The summed E-state index contributed by atoms with van der Waals surface area (Å²) in [6, 6.07) is 10.7. The van der Waals surface area contributed by atoms with Gasteiger partial charge in [0.2, 0.25) is 0 Å². The zero-order valence-electron chi connectivity index (χ0n) is 16.1. The highest BCUT2D eigenvalue weighted by Gasteiger charge is 2.21. The number of methoxy groups -OCH3 is 1. The molecule has 1 atom stereocenters. The lowest BCUT2D eigenvalue weighted by Gasteiger charge is -2.17. The van der Waals surface area contributed by atoms with Crippen LogP contribution in [0.25, 0.3) is 0 Å². The Bertz CT molecular complexity index is 820. The minimum Gasteiger partial charge on any atom is -0.496 e. The molecule has 1 amide bonds. The monoisotopic (exact) mass is 389 g/mol. The van der Waals surface area contributed by atoms with Gasteiger partial charge in [0.25, 0.3) is 5.91 Å². The first-order valence-electron chi connectivity index (χ1n) is 8.88. The molecule has 0 aromatic heterocycles. The van der Waals surface area contributed by atoms with E-state index in [1.165, 1.54) is 19.2 Å². The van der Waals surface area contributed by atoms with Gasteiger partial charge in [-0.2, -0.15) is 0 Å². The normalized spacial score (nSPS) is 11.9. The number of rotatable bonds is 9. The lowest BCUT2D eigenvalue weighted by Crippen LogP contribution is -2.29. The van der Waals surface area contributed by atoms with Gasteiger partial charge in [0.1, 0.15) is 11.6 Å². The molecule has 2 aromatic rings. The van der Waals surface area contributed by atoms with Crippen LogP contribution in [0.2, 0.25) is 0 Å². The molecule has 2 rings (SSSR count). The van der Waals surface area contributed by atoms with E-state index in [9.17, 15) is 19.1 Å². The van der Waals surface area contributed by atoms with Crippen LogP contribution in [0, 0.1) is 5.82 Å². The van der Waals surface area contributed by atoms with E-state index in [4.69, 9.17) is 9.47 Å². The molecule has 2 N–H and O–H groups in total. The third-order valence-electron chi connectivity index (χ3n) is 4.01. The van der Waals surface area contributed by atoms with Crippen molar-refractivity contribution in [1.82, 2.24) is 5.32 Å². The average molecular weight is 389 g/mol. The topological polar surface area (TPSA) is 84.9 Å². The number of carbonyl (C=O) groups is 2. The summed E-state index contributed by atoms with van der Waals surface area (Å²) in [6.45, 7) is 3.75. The molecule has 28 heavy (non-hydrogen) atoms. The predicted octanol–water partition coefficient (Wildman–Crippen LogP) is 3.19. The molecule has 0 aliphatic carbocycles. The van der Waals surface area contributed by atoms with Crippen LogP contribution in [-0.2, 0) is 22.5 Å². The van der Waals surface area contributed by atoms with Crippen LogP contribution < -0.4 is 10.1 Å². The van der Waals surface area contributed by atoms with Crippen LogP contribution in [0.1, 0.15) is 35.3 Å². The molecule has 0 saturated carbocycles. The van der Waals surface area contributed by atoms with Crippen molar-refractivity contribution in [2.24, 2.45) is 0 Å². The molecule has 0 aliphatic rings. The molecule has 0 radical (unpaired) electrons. The fourth-order valence-electron chi connectivity index (χ4n) is 2.68. The summed E-state index contributed by atoms with van der Waals surface area (Å²) in [5, 5.41) is 12.1. The maximum atomic E-state index is 13.0. The van der Waals surface area contributed by atoms with Gasteiger partial charge in [0.05, 0.1) is 18.8 Å². The zero-order chi connectivity index (χ0) is 20.7. The first-order valence-corrected chi connectivity index (χ1v) is 8.88. The predicted molar refractivity (Wildman–Crippen MR) is 102 cm³/mol. The molecule has 0 fully saturated rings. The van der Waals surface area contributed by atoms with Crippen molar-refractivity contribution in [3.8, 4) is 5.75 Å². The van der Waals surface area contributed by atoms with E-state index in [1.54, 1.807) is 44.2 Å². The largest absolute Gasteiger partial charge is 0.496 e. The third-order valence-corrected chi connectivity index (χ3v) is 4.01. The number of amides is 1. The van der Waals surface area contributed by atoms with E-state index in [1.807, 2.05) is 0 Å². The third kappa shape index (κ3) is 6.06. The Morgan fingerprint density at radius 2 is 1.75 bits per heavy atom. The number of nitrogens with one attached hydrogen (secondary N) is 1. The fraction of sp³-hybridized carbons (Fsp3) is 0.333. The molecule has 6 nitrogen and oxygen atoms in total. The van der Waals surface area contributed by atoms with Crippen molar-refractivity contribution >= 4 is 11.9 Å². The summed E-state index contributed by atoms with van der Waals surface area (Å²) in [5.74, 6) is -1.41. The summed E-state index contributed by atoms with van der Waals surface area (Å²) in [6.07, 6.45) is -1.13. The molecular weight excluding hydrogens is 365 g/mol. The smallest absolute Gasteiger partial charge is 0.333 e. The minimum atomic E-state index is -1.06. The fourth-order valence-corrected chi connectivity index (χ4v) is 2.68. The number of carbonyl (C=O) groups excluding carboxylic acids is 1. The van der Waals surface area contributed by atoms with E-state index in [-0.39, 0.29) is 36.4 Å². The second-order valence-corrected chi connectivity index (χ2v) is 6.56. The van der Waals surface area contributed by atoms with E-state index in [2.05, 4.69) is 5.32 Å². The van der Waals surface area contributed by atoms with Gasteiger partial charge < -0.3 is 19.9 Å². The van der Waals surface area contributed by atoms with Crippen molar-refractivity contribution in [3.63, 3.8) is 0 Å². The summed E-state index contributed by atoms with van der Waals surface area (Å²) in [4.78, 5) is 24.0. The summed E-state index contributed by atoms with van der Waals surface area (Å²) >= 11 is 0. The summed E-state index contributed by atoms with van der Waals surface area (Å²) in [5.41, 5.74) is 1.68. The van der Waals surface area contributed by atoms with Crippen LogP contribution in [0.15, 0.2) is 42.5 Å². The molecule has 1 unspecified atom stereocenters. The van der Waals surface area contributed by atoms with Crippen LogP contribution in [0.3, 0.4) is 0 Å².